The molecule has 1 fully saturated rings. The SMILES string of the molecule is Cc1ccc2ncccc2c1CN1CC[C@H](c2ccc(F)cc2)[C@@H](O)C1. The molecule has 3 aromatic rings. The highest BCUT2D eigenvalue weighted by molar-refractivity contribution is 5.83. The first-order valence-electron chi connectivity index (χ1n) is 9.11. The van der Waals surface area contributed by atoms with E-state index in [2.05, 4.69) is 35.0 Å². The van der Waals surface area contributed by atoms with Crippen molar-refractivity contribution >= 4 is 10.9 Å². The fourth-order valence-corrected chi connectivity index (χ4v) is 4.00. The summed E-state index contributed by atoms with van der Waals surface area (Å²) in [4.78, 5) is 6.76. The highest BCUT2D eigenvalue weighted by Gasteiger charge is 2.29. The van der Waals surface area contributed by atoms with Crippen LogP contribution in [0.4, 0.5) is 4.39 Å². The van der Waals surface area contributed by atoms with Crippen molar-refractivity contribution in [1.29, 1.82) is 0 Å². The Morgan fingerprint density at radius 1 is 1.15 bits per heavy atom. The quantitative estimate of drug-likeness (QED) is 0.775. The van der Waals surface area contributed by atoms with E-state index in [4.69, 9.17) is 0 Å². The Morgan fingerprint density at radius 3 is 2.73 bits per heavy atom. The zero-order valence-corrected chi connectivity index (χ0v) is 14.9. The number of aliphatic hydroxyl groups excluding tert-OH is 1. The summed E-state index contributed by atoms with van der Waals surface area (Å²) in [5.41, 5.74) is 4.56. The van der Waals surface area contributed by atoms with Crippen molar-refractivity contribution in [2.24, 2.45) is 0 Å². The molecule has 2 heterocycles. The normalized spacial score (nSPS) is 21.2. The summed E-state index contributed by atoms with van der Waals surface area (Å²) in [5.74, 6) is -0.164. The minimum absolute atomic E-state index is 0.0714. The molecular formula is C22H23FN2O. The van der Waals surface area contributed by atoms with Crippen LogP contribution >= 0.6 is 0 Å². The maximum Gasteiger partial charge on any atom is 0.123 e. The van der Waals surface area contributed by atoms with Crippen molar-refractivity contribution < 1.29 is 9.50 Å². The Bertz CT molecular complexity index is 910. The van der Waals surface area contributed by atoms with E-state index in [1.165, 1.54) is 28.6 Å². The predicted molar refractivity (Wildman–Crippen MR) is 102 cm³/mol. The van der Waals surface area contributed by atoms with Gasteiger partial charge in [-0.25, -0.2) is 4.39 Å². The number of piperidine rings is 1. The fraction of sp³-hybridized carbons (Fsp3) is 0.318. The van der Waals surface area contributed by atoms with Gasteiger partial charge in [-0.2, -0.15) is 0 Å². The summed E-state index contributed by atoms with van der Waals surface area (Å²) in [7, 11) is 0. The molecule has 134 valence electrons. The number of likely N-dealkylation sites (tertiary alicyclic amines) is 1. The standard InChI is InChI=1S/C22H23FN2O/c1-15-4-9-21-19(3-2-11-24-21)20(15)13-25-12-10-18(22(26)14-25)16-5-7-17(23)8-6-16/h2-9,11,18,22,26H,10,12-14H2,1H3/t18-,22+/m1/s1. The van der Waals surface area contributed by atoms with Crippen molar-refractivity contribution in [2.75, 3.05) is 13.1 Å². The number of nitrogens with zero attached hydrogens (tertiary/aromatic N) is 2. The molecule has 2 atom stereocenters. The van der Waals surface area contributed by atoms with E-state index < -0.39 is 6.10 Å². The molecule has 26 heavy (non-hydrogen) atoms. The number of hydrogen-bond acceptors (Lipinski definition) is 3. The number of hydrogen-bond donors (Lipinski definition) is 1. The molecule has 0 radical (unpaired) electrons. The summed E-state index contributed by atoms with van der Waals surface area (Å²) in [6.07, 6.45) is 2.25. The summed E-state index contributed by atoms with van der Waals surface area (Å²) < 4.78 is 13.1. The molecular weight excluding hydrogens is 327 g/mol. The van der Waals surface area contributed by atoms with Gasteiger partial charge in [-0.1, -0.05) is 24.3 Å². The van der Waals surface area contributed by atoms with E-state index in [1.807, 2.05) is 12.3 Å². The highest BCUT2D eigenvalue weighted by Crippen LogP contribution is 2.30. The summed E-state index contributed by atoms with van der Waals surface area (Å²) in [6.45, 7) is 4.47. The molecule has 2 aromatic carbocycles. The summed E-state index contributed by atoms with van der Waals surface area (Å²) in [5, 5.41) is 11.9. The molecule has 3 nitrogen and oxygen atoms in total. The maximum absolute atomic E-state index is 13.1. The van der Waals surface area contributed by atoms with Crippen LogP contribution in [0.2, 0.25) is 0 Å². The molecule has 1 aliphatic rings. The van der Waals surface area contributed by atoms with Crippen molar-refractivity contribution in [3.05, 3.63) is 77.2 Å². The third-order valence-electron chi connectivity index (χ3n) is 5.48. The minimum Gasteiger partial charge on any atom is -0.391 e. The number of aromatic nitrogens is 1. The van der Waals surface area contributed by atoms with E-state index in [0.29, 0.717) is 6.54 Å². The predicted octanol–water partition coefficient (Wildman–Crippen LogP) is 4.03. The molecule has 1 aliphatic heterocycles. The fourth-order valence-electron chi connectivity index (χ4n) is 4.00. The molecule has 0 saturated carbocycles. The molecule has 4 rings (SSSR count). The zero-order chi connectivity index (χ0) is 18.1. The van der Waals surface area contributed by atoms with Crippen molar-refractivity contribution in [3.63, 3.8) is 0 Å². The second-order valence-electron chi connectivity index (χ2n) is 7.18. The van der Waals surface area contributed by atoms with Crippen LogP contribution in [-0.2, 0) is 6.54 Å². The first-order valence-corrected chi connectivity index (χ1v) is 9.11. The van der Waals surface area contributed by atoms with Gasteiger partial charge in [0.15, 0.2) is 0 Å². The molecule has 0 amide bonds. The Kier molecular flexibility index (Phi) is 4.70. The number of rotatable bonds is 3. The molecule has 0 bridgehead atoms. The van der Waals surface area contributed by atoms with Crippen LogP contribution in [0, 0.1) is 12.7 Å². The van der Waals surface area contributed by atoms with Gasteiger partial charge in [0.1, 0.15) is 5.82 Å². The monoisotopic (exact) mass is 350 g/mol. The van der Waals surface area contributed by atoms with Gasteiger partial charge < -0.3 is 5.11 Å². The molecule has 1 aromatic heterocycles. The van der Waals surface area contributed by atoms with Crippen LogP contribution in [0.15, 0.2) is 54.7 Å². The smallest absolute Gasteiger partial charge is 0.123 e. The third kappa shape index (κ3) is 3.35. The van der Waals surface area contributed by atoms with Crippen molar-refractivity contribution in [3.8, 4) is 0 Å². The lowest BCUT2D eigenvalue weighted by Gasteiger charge is -2.36. The average molecular weight is 350 g/mol. The van der Waals surface area contributed by atoms with E-state index in [-0.39, 0.29) is 11.7 Å². The lowest BCUT2D eigenvalue weighted by Crippen LogP contribution is -2.42. The molecule has 1 saturated heterocycles. The van der Waals surface area contributed by atoms with Crippen LogP contribution in [0.25, 0.3) is 10.9 Å². The number of pyridine rings is 1. The summed E-state index contributed by atoms with van der Waals surface area (Å²) in [6, 6.07) is 14.8. The molecule has 0 unspecified atom stereocenters. The Morgan fingerprint density at radius 2 is 1.96 bits per heavy atom. The van der Waals surface area contributed by atoms with E-state index in [1.54, 1.807) is 12.1 Å². The van der Waals surface area contributed by atoms with Crippen molar-refractivity contribution in [2.45, 2.75) is 31.9 Å². The third-order valence-corrected chi connectivity index (χ3v) is 5.48. The van der Waals surface area contributed by atoms with Gasteiger partial charge >= 0.3 is 0 Å². The van der Waals surface area contributed by atoms with E-state index >= 15 is 0 Å². The largest absolute Gasteiger partial charge is 0.391 e. The topological polar surface area (TPSA) is 36.4 Å². The Balaban J connectivity index is 1.52. The number of fused-ring (bicyclic) bond motifs is 1. The maximum atomic E-state index is 13.1. The highest BCUT2D eigenvalue weighted by atomic mass is 19.1. The first kappa shape index (κ1) is 17.1. The first-order chi connectivity index (χ1) is 12.6. The number of halogens is 1. The minimum atomic E-state index is -0.442. The van der Waals surface area contributed by atoms with Crippen LogP contribution in [0.3, 0.4) is 0 Å². The Labute approximate surface area is 153 Å². The molecule has 4 heteroatoms. The van der Waals surface area contributed by atoms with Gasteiger partial charge in [-0.3, -0.25) is 9.88 Å². The number of β-amino-alcohol motifs (C(OH)–C–C–N with tert-alkyl or cyclic N) is 1. The number of aryl methyl sites for hydroxylation is 1. The number of benzene rings is 2. The number of aliphatic hydroxyl groups is 1. The average Bonchev–Trinajstić information content (AvgIpc) is 2.65. The lowest BCUT2D eigenvalue weighted by molar-refractivity contribution is 0.0477. The Hall–Kier alpha value is -2.30. The second-order valence-corrected chi connectivity index (χ2v) is 7.18. The lowest BCUT2D eigenvalue weighted by atomic mass is 9.87. The van der Waals surface area contributed by atoms with E-state index in [9.17, 15) is 9.50 Å². The molecule has 0 aliphatic carbocycles. The van der Waals surface area contributed by atoms with Crippen LogP contribution < -0.4 is 0 Å². The van der Waals surface area contributed by atoms with Crippen LogP contribution in [0.1, 0.15) is 29.0 Å². The summed E-state index contributed by atoms with van der Waals surface area (Å²) >= 11 is 0. The van der Waals surface area contributed by atoms with Gasteiger partial charge in [0.2, 0.25) is 0 Å². The second kappa shape index (κ2) is 7.14. The van der Waals surface area contributed by atoms with Crippen molar-refractivity contribution in [1.82, 2.24) is 9.88 Å². The zero-order valence-electron chi connectivity index (χ0n) is 14.9. The van der Waals surface area contributed by atoms with Crippen LogP contribution in [-0.4, -0.2) is 34.2 Å². The van der Waals surface area contributed by atoms with Gasteiger partial charge in [0.25, 0.3) is 0 Å². The molecule has 1 N–H and O–H groups in total. The van der Waals surface area contributed by atoms with Gasteiger partial charge in [0, 0.05) is 30.6 Å². The van der Waals surface area contributed by atoms with E-state index in [0.717, 1.165) is 30.6 Å². The van der Waals surface area contributed by atoms with Gasteiger partial charge in [-0.15, -0.1) is 0 Å². The van der Waals surface area contributed by atoms with Gasteiger partial charge in [-0.05, 0) is 60.8 Å². The molecule has 0 spiro atoms. The van der Waals surface area contributed by atoms with Gasteiger partial charge in [0.05, 0.1) is 11.6 Å². The van der Waals surface area contributed by atoms with Crippen LogP contribution in [0.5, 0.6) is 0 Å².